The van der Waals surface area contributed by atoms with Gasteiger partial charge in [-0.3, -0.25) is 14.9 Å². The van der Waals surface area contributed by atoms with Crippen LogP contribution in [0, 0.1) is 5.92 Å². The molecule has 1 N–H and O–H groups in total. The molecule has 3 saturated heterocycles. The van der Waals surface area contributed by atoms with Crippen LogP contribution in [0.5, 0.6) is 0 Å². The van der Waals surface area contributed by atoms with Crippen molar-refractivity contribution >= 4 is 17.5 Å². The van der Waals surface area contributed by atoms with E-state index in [-0.39, 0.29) is 17.7 Å². The van der Waals surface area contributed by atoms with E-state index in [1.807, 2.05) is 12.1 Å². The van der Waals surface area contributed by atoms with Gasteiger partial charge in [-0.25, -0.2) is 4.39 Å². The molecule has 5 nitrogen and oxygen atoms in total. The fraction of sp³-hybridized carbons (Fsp3) is 0.636. The zero-order valence-corrected chi connectivity index (χ0v) is 16.4. The van der Waals surface area contributed by atoms with Gasteiger partial charge < -0.3 is 9.80 Å². The Kier molecular flexibility index (Phi) is 5.95. The molecule has 0 aliphatic carbocycles. The molecule has 3 aliphatic rings. The monoisotopic (exact) mass is 387 g/mol. The molecule has 6 heteroatoms. The molecule has 0 saturated carbocycles. The highest BCUT2D eigenvalue weighted by atomic mass is 19.1. The normalized spacial score (nSPS) is 27.7. The smallest absolute Gasteiger partial charge is 0.234 e. The van der Waals surface area contributed by atoms with Crippen LogP contribution in [0.4, 0.5) is 10.1 Å². The first-order valence-corrected chi connectivity index (χ1v) is 10.6. The number of nitrogens with one attached hydrogen (secondary N) is 1. The second-order valence-corrected chi connectivity index (χ2v) is 8.52. The molecule has 0 radical (unpaired) electrons. The van der Waals surface area contributed by atoms with Gasteiger partial charge in [0.05, 0.1) is 5.92 Å². The number of carbonyl (C=O) groups excluding carboxylic acids is 2. The van der Waals surface area contributed by atoms with Gasteiger partial charge >= 0.3 is 0 Å². The second kappa shape index (κ2) is 8.60. The number of rotatable bonds is 4. The summed E-state index contributed by atoms with van der Waals surface area (Å²) in [5.74, 6) is 0.0797. The van der Waals surface area contributed by atoms with Crippen molar-refractivity contribution in [1.29, 1.82) is 0 Å². The minimum Gasteiger partial charge on any atom is -0.372 e. The number of halogens is 1. The van der Waals surface area contributed by atoms with Crippen molar-refractivity contribution in [3.8, 4) is 0 Å². The van der Waals surface area contributed by atoms with E-state index in [4.69, 9.17) is 0 Å². The number of hydrogen-bond acceptors (Lipinski definition) is 4. The summed E-state index contributed by atoms with van der Waals surface area (Å²) in [7, 11) is 0. The predicted molar refractivity (Wildman–Crippen MR) is 107 cm³/mol. The molecule has 0 aromatic heterocycles. The summed E-state index contributed by atoms with van der Waals surface area (Å²) < 4.78 is 13.6. The molecule has 1 aromatic carbocycles. The number of imide groups is 1. The largest absolute Gasteiger partial charge is 0.372 e. The summed E-state index contributed by atoms with van der Waals surface area (Å²) in [6, 6.07) is 8.24. The molecule has 1 unspecified atom stereocenters. The van der Waals surface area contributed by atoms with Crippen LogP contribution in [-0.2, 0) is 9.59 Å². The molecule has 3 fully saturated rings. The Hall–Kier alpha value is -1.95. The van der Waals surface area contributed by atoms with E-state index in [1.165, 1.54) is 5.69 Å². The Morgan fingerprint density at radius 3 is 2.43 bits per heavy atom. The highest BCUT2D eigenvalue weighted by Crippen LogP contribution is 2.29. The summed E-state index contributed by atoms with van der Waals surface area (Å²) in [5, 5.41) is 2.43. The number of nitrogens with zero attached hydrogens (tertiary/aromatic N) is 2. The van der Waals surface area contributed by atoms with Crippen molar-refractivity contribution in [2.75, 3.05) is 37.6 Å². The van der Waals surface area contributed by atoms with E-state index >= 15 is 0 Å². The van der Waals surface area contributed by atoms with E-state index in [9.17, 15) is 14.0 Å². The van der Waals surface area contributed by atoms with Gasteiger partial charge in [-0.15, -0.1) is 0 Å². The van der Waals surface area contributed by atoms with Crippen LogP contribution in [0.1, 0.15) is 50.0 Å². The molecule has 28 heavy (non-hydrogen) atoms. The van der Waals surface area contributed by atoms with Gasteiger partial charge in [-0.1, -0.05) is 12.1 Å². The minimum absolute atomic E-state index is 0.174. The molecule has 3 aliphatic heterocycles. The zero-order chi connectivity index (χ0) is 19.5. The Balaban J connectivity index is 1.29. The molecule has 2 atom stereocenters. The highest BCUT2D eigenvalue weighted by molar-refractivity contribution is 6.00. The number of carbonyl (C=O) groups is 2. The first-order chi connectivity index (χ1) is 13.6. The van der Waals surface area contributed by atoms with Gasteiger partial charge in [-0.2, -0.15) is 0 Å². The Labute approximate surface area is 166 Å². The van der Waals surface area contributed by atoms with Crippen LogP contribution in [0.15, 0.2) is 24.3 Å². The summed E-state index contributed by atoms with van der Waals surface area (Å²) in [6.07, 6.45) is 4.35. The highest BCUT2D eigenvalue weighted by Gasteiger charge is 2.28. The molecule has 3 heterocycles. The molecule has 1 aromatic rings. The number of hydrogen-bond donors (Lipinski definition) is 1. The SMILES string of the molecule is O=C1CCC(c2ccc(N3CCC(CN4CCC[C@H](F)C4)CC3)cc2)C(=O)N1. The van der Waals surface area contributed by atoms with Gasteiger partial charge in [0.1, 0.15) is 6.17 Å². The van der Waals surface area contributed by atoms with Crippen LogP contribution < -0.4 is 10.2 Å². The second-order valence-electron chi connectivity index (χ2n) is 8.52. The molecule has 0 spiro atoms. The average Bonchev–Trinajstić information content (AvgIpc) is 2.69. The van der Waals surface area contributed by atoms with Gasteiger partial charge in [0, 0.05) is 38.3 Å². The van der Waals surface area contributed by atoms with Crippen molar-refractivity contribution in [2.45, 2.75) is 50.6 Å². The van der Waals surface area contributed by atoms with Gasteiger partial charge in [-0.05, 0) is 62.3 Å². The van der Waals surface area contributed by atoms with Crippen molar-refractivity contribution < 1.29 is 14.0 Å². The van der Waals surface area contributed by atoms with E-state index in [0.717, 1.165) is 57.4 Å². The van der Waals surface area contributed by atoms with Crippen LogP contribution in [0.2, 0.25) is 0 Å². The Morgan fingerprint density at radius 1 is 1.00 bits per heavy atom. The zero-order valence-electron chi connectivity index (χ0n) is 16.4. The van der Waals surface area contributed by atoms with Crippen LogP contribution in [0.25, 0.3) is 0 Å². The molecule has 152 valence electrons. The standard InChI is InChI=1S/C22H30FN3O2/c23-18-2-1-11-25(15-18)14-16-9-12-26(13-10-16)19-5-3-17(4-6-19)20-7-8-21(27)24-22(20)28/h3-6,16,18,20H,1-2,7-15H2,(H,24,27,28)/t18-,20?/m0/s1. The Morgan fingerprint density at radius 2 is 1.75 bits per heavy atom. The van der Waals surface area contributed by atoms with Crippen molar-refractivity contribution in [3.63, 3.8) is 0 Å². The number of anilines is 1. The average molecular weight is 387 g/mol. The summed E-state index contributed by atoms with van der Waals surface area (Å²) in [4.78, 5) is 28.1. The Bertz CT molecular complexity index is 700. The molecular formula is C22H30FN3O2. The lowest BCUT2D eigenvalue weighted by Crippen LogP contribution is -2.43. The van der Waals surface area contributed by atoms with E-state index in [0.29, 0.717) is 25.3 Å². The summed E-state index contributed by atoms with van der Waals surface area (Å²) >= 11 is 0. The van der Waals surface area contributed by atoms with Gasteiger partial charge in [0.2, 0.25) is 11.8 Å². The number of alkyl halides is 1. The molecule has 4 rings (SSSR count). The fourth-order valence-electron chi connectivity index (χ4n) is 4.83. The van der Waals surface area contributed by atoms with Crippen LogP contribution in [-0.4, -0.2) is 55.6 Å². The lowest BCUT2D eigenvalue weighted by atomic mass is 9.90. The first kappa shape index (κ1) is 19.4. The predicted octanol–water partition coefficient (Wildman–Crippen LogP) is 2.86. The maximum absolute atomic E-state index is 13.6. The maximum Gasteiger partial charge on any atom is 0.234 e. The molecule has 2 amide bonds. The van der Waals surface area contributed by atoms with Crippen LogP contribution in [0.3, 0.4) is 0 Å². The quantitative estimate of drug-likeness (QED) is 0.808. The number of piperidine rings is 3. The lowest BCUT2D eigenvalue weighted by Gasteiger charge is -2.37. The third kappa shape index (κ3) is 4.54. The topological polar surface area (TPSA) is 52.7 Å². The number of benzene rings is 1. The van der Waals surface area contributed by atoms with Crippen molar-refractivity contribution in [1.82, 2.24) is 10.2 Å². The van der Waals surface area contributed by atoms with Crippen molar-refractivity contribution in [3.05, 3.63) is 29.8 Å². The maximum atomic E-state index is 13.6. The number of likely N-dealkylation sites (tertiary alicyclic amines) is 1. The lowest BCUT2D eigenvalue weighted by molar-refractivity contribution is -0.134. The minimum atomic E-state index is -0.642. The number of amides is 2. The molecular weight excluding hydrogens is 357 g/mol. The van der Waals surface area contributed by atoms with Gasteiger partial charge in [0.25, 0.3) is 0 Å². The molecule has 0 bridgehead atoms. The summed E-state index contributed by atoms with van der Waals surface area (Å²) in [5.41, 5.74) is 2.17. The van der Waals surface area contributed by atoms with E-state index in [1.54, 1.807) is 0 Å². The van der Waals surface area contributed by atoms with Gasteiger partial charge in [0.15, 0.2) is 0 Å². The van der Waals surface area contributed by atoms with Crippen LogP contribution >= 0.6 is 0 Å². The van der Waals surface area contributed by atoms with Crippen molar-refractivity contribution in [2.24, 2.45) is 5.92 Å². The third-order valence-corrected chi connectivity index (χ3v) is 6.48. The first-order valence-electron chi connectivity index (χ1n) is 10.6. The third-order valence-electron chi connectivity index (χ3n) is 6.48. The fourth-order valence-corrected chi connectivity index (χ4v) is 4.83. The van der Waals surface area contributed by atoms with E-state index in [2.05, 4.69) is 27.2 Å². The summed E-state index contributed by atoms with van der Waals surface area (Å²) in [6.45, 7) is 4.73. The van der Waals surface area contributed by atoms with E-state index < -0.39 is 6.17 Å².